The molecule has 82 valence electrons. The fraction of sp³-hybridized carbons (Fsp3) is 0.455. The van der Waals surface area contributed by atoms with Gasteiger partial charge in [-0.2, -0.15) is 11.3 Å². The maximum atomic E-state index is 11.6. The third kappa shape index (κ3) is 3.16. The Balaban J connectivity index is 2.51. The molecule has 0 aliphatic rings. The van der Waals surface area contributed by atoms with E-state index < -0.39 is 0 Å². The Bertz CT molecular complexity index is 368. The molecule has 1 amide bonds. The first kappa shape index (κ1) is 11.9. The summed E-state index contributed by atoms with van der Waals surface area (Å²) in [5.41, 5.74) is 1.62. The van der Waals surface area contributed by atoms with Crippen molar-refractivity contribution >= 4 is 23.0 Å². The summed E-state index contributed by atoms with van der Waals surface area (Å²) in [6.07, 6.45) is 0. The largest absolute Gasteiger partial charge is 0.345 e. The van der Waals surface area contributed by atoms with Crippen LogP contribution < -0.4 is 5.32 Å². The van der Waals surface area contributed by atoms with Crippen LogP contribution in [0.15, 0.2) is 10.8 Å². The Morgan fingerprint density at radius 1 is 1.40 bits per heavy atom. The summed E-state index contributed by atoms with van der Waals surface area (Å²) < 4.78 is 0. The van der Waals surface area contributed by atoms with E-state index in [-0.39, 0.29) is 24.2 Å². The Kier molecular flexibility index (Phi) is 4.03. The van der Waals surface area contributed by atoms with Crippen molar-refractivity contribution in [2.75, 3.05) is 6.54 Å². The van der Waals surface area contributed by atoms with Crippen LogP contribution in [0.3, 0.4) is 0 Å². The number of amides is 1. The van der Waals surface area contributed by atoms with E-state index in [0.29, 0.717) is 5.56 Å². The molecule has 0 aromatic carbocycles. The highest BCUT2D eigenvalue weighted by Crippen LogP contribution is 2.13. The number of hydrogen-bond donors (Lipinski definition) is 1. The van der Waals surface area contributed by atoms with E-state index in [4.69, 9.17) is 0 Å². The molecule has 0 saturated carbocycles. The second-order valence-electron chi connectivity index (χ2n) is 3.77. The molecular weight excluding hydrogens is 210 g/mol. The van der Waals surface area contributed by atoms with Crippen LogP contribution >= 0.6 is 11.3 Å². The third-order valence-corrected chi connectivity index (χ3v) is 3.03. The number of carbonyl (C=O) groups excluding carboxylic acids is 2. The van der Waals surface area contributed by atoms with Crippen molar-refractivity contribution in [3.8, 4) is 0 Å². The van der Waals surface area contributed by atoms with E-state index in [9.17, 15) is 9.59 Å². The summed E-state index contributed by atoms with van der Waals surface area (Å²) in [6, 6.07) is 0. The minimum absolute atomic E-state index is 0.0335. The number of Topliss-reactive ketones (excluding diaryl/α,β-unsaturated/α-hetero) is 1. The van der Waals surface area contributed by atoms with E-state index in [1.54, 1.807) is 5.38 Å². The zero-order valence-corrected chi connectivity index (χ0v) is 9.98. The Morgan fingerprint density at radius 3 is 2.53 bits per heavy atom. The first-order chi connectivity index (χ1) is 7.02. The van der Waals surface area contributed by atoms with Crippen LogP contribution in [0.25, 0.3) is 0 Å². The maximum absolute atomic E-state index is 11.6. The van der Waals surface area contributed by atoms with Gasteiger partial charge in [-0.25, -0.2) is 0 Å². The van der Waals surface area contributed by atoms with Crippen LogP contribution in [0, 0.1) is 12.8 Å². The van der Waals surface area contributed by atoms with E-state index in [2.05, 4.69) is 5.32 Å². The Labute approximate surface area is 93.5 Å². The van der Waals surface area contributed by atoms with Gasteiger partial charge in [-0.15, -0.1) is 0 Å². The molecule has 0 atom stereocenters. The average Bonchev–Trinajstić information content (AvgIpc) is 2.60. The van der Waals surface area contributed by atoms with Crippen LogP contribution in [0.5, 0.6) is 0 Å². The topological polar surface area (TPSA) is 46.2 Å². The van der Waals surface area contributed by atoms with Crippen molar-refractivity contribution in [2.45, 2.75) is 20.8 Å². The molecule has 0 fully saturated rings. The van der Waals surface area contributed by atoms with Gasteiger partial charge in [-0.05, 0) is 17.9 Å². The SMILES string of the molecule is Cc1cscc1C(=O)NCC(=O)C(C)C. The molecule has 0 saturated heterocycles. The summed E-state index contributed by atoms with van der Waals surface area (Å²) in [5, 5.41) is 6.34. The minimum Gasteiger partial charge on any atom is -0.345 e. The molecule has 0 bridgehead atoms. The van der Waals surface area contributed by atoms with Crippen molar-refractivity contribution in [3.63, 3.8) is 0 Å². The van der Waals surface area contributed by atoms with E-state index >= 15 is 0 Å². The minimum atomic E-state index is -0.164. The number of ketones is 1. The van der Waals surface area contributed by atoms with Crippen LogP contribution in [0.2, 0.25) is 0 Å². The van der Waals surface area contributed by atoms with Crippen LogP contribution in [-0.2, 0) is 4.79 Å². The molecule has 0 unspecified atom stereocenters. The standard InChI is InChI=1S/C11H15NO2S/c1-7(2)10(13)4-12-11(14)9-6-15-5-8(9)3/h5-7H,4H2,1-3H3,(H,12,14). The predicted molar refractivity (Wildman–Crippen MR) is 61.2 cm³/mol. The molecule has 3 nitrogen and oxygen atoms in total. The fourth-order valence-electron chi connectivity index (χ4n) is 1.06. The molecule has 1 heterocycles. The van der Waals surface area contributed by atoms with E-state index in [1.165, 1.54) is 11.3 Å². The van der Waals surface area contributed by atoms with Gasteiger partial charge < -0.3 is 5.32 Å². The van der Waals surface area contributed by atoms with E-state index in [1.807, 2.05) is 26.2 Å². The molecule has 1 rings (SSSR count). The van der Waals surface area contributed by atoms with Gasteiger partial charge in [0.2, 0.25) is 0 Å². The summed E-state index contributed by atoms with van der Waals surface area (Å²) in [4.78, 5) is 22.9. The molecule has 0 aliphatic heterocycles. The molecule has 0 radical (unpaired) electrons. The number of aryl methyl sites for hydroxylation is 1. The number of rotatable bonds is 4. The second-order valence-corrected chi connectivity index (χ2v) is 4.52. The van der Waals surface area contributed by atoms with Gasteiger partial charge in [0.25, 0.3) is 5.91 Å². The summed E-state index contributed by atoms with van der Waals surface area (Å²) >= 11 is 1.49. The lowest BCUT2D eigenvalue weighted by molar-refractivity contribution is -0.120. The van der Waals surface area contributed by atoms with Gasteiger partial charge in [0.15, 0.2) is 5.78 Å². The first-order valence-electron chi connectivity index (χ1n) is 4.86. The van der Waals surface area contributed by atoms with Gasteiger partial charge in [0.1, 0.15) is 0 Å². The highest BCUT2D eigenvalue weighted by Gasteiger charge is 2.12. The highest BCUT2D eigenvalue weighted by molar-refractivity contribution is 7.08. The van der Waals surface area contributed by atoms with Crippen LogP contribution in [0.4, 0.5) is 0 Å². The first-order valence-corrected chi connectivity index (χ1v) is 5.80. The van der Waals surface area contributed by atoms with Crippen molar-refractivity contribution in [3.05, 3.63) is 21.9 Å². The highest BCUT2D eigenvalue weighted by atomic mass is 32.1. The van der Waals surface area contributed by atoms with E-state index in [0.717, 1.165) is 5.56 Å². The fourth-order valence-corrected chi connectivity index (χ4v) is 1.89. The van der Waals surface area contributed by atoms with Gasteiger partial charge in [-0.3, -0.25) is 9.59 Å². The third-order valence-electron chi connectivity index (χ3n) is 2.17. The molecule has 0 spiro atoms. The monoisotopic (exact) mass is 225 g/mol. The van der Waals surface area contributed by atoms with Crippen molar-refractivity contribution in [1.29, 1.82) is 0 Å². The van der Waals surface area contributed by atoms with Gasteiger partial charge in [0.05, 0.1) is 12.1 Å². The smallest absolute Gasteiger partial charge is 0.252 e. The molecule has 4 heteroatoms. The molecule has 15 heavy (non-hydrogen) atoms. The number of thiophene rings is 1. The number of carbonyl (C=O) groups is 2. The summed E-state index contributed by atoms with van der Waals surface area (Å²) in [7, 11) is 0. The van der Waals surface area contributed by atoms with Crippen LogP contribution in [-0.4, -0.2) is 18.2 Å². The van der Waals surface area contributed by atoms with Crippen LogP contribution in [0.1, 0.15) is 29.8 Å². The van der Waals surface area contributed by atoms with Crippen molar-refractivity contribution in [2.24, 2.45) is 5.92 Å². The zero-order chi connectivity index (χ0) is 11.4. The molecule has 0 aliphatic carbocycles. The summed E-state index contributed by atoms with van der Waals surface area (Å²) in [5.74, 6) is -0.146. The normalized spacial score (nSPS) is 10.4. The lowest BCUT2D eigenvalue weighted by atomic mass is 10.1. The number of hydrogen-bond acceptors (Lipinski definition) is 3. The Morgan fingerprint density at radius 2 is 2.07 bits per heavy atom. The average molecular weight is 225 g/mol. The zero-order valence-electron chi connectivity index (χ0n) is 9.16. The van der Waals surface area contributed by atoms with Crippen molar-refractivity contribution < 1.29 is 9.59 Å². The quantitative estimate of drug-likeness (QED) is 0.852. The Hall–Kier alpha value is -1.16. The lowest BCUT2D eigenvalue weighted by Crippen LogP contribution is -2.31. The number of nitrogens with one attached hydrogen (secondary N) is 1. The molecule has 1 aromatic rings. The van der Waals surface area contributed by atoms with Gasteiger partial charge >= 0.3 is 0 Å². The van der Waals surface area contributed by atoms with Gasteiger partial charge in [0, 0.05) is 11.3 Å². The second kappa shape index (κ2) is 5.07. The molecule has 1 N–H and O–H groups in total. The summed E-state index contributed by atoms with van der Waals surface area (Å²) in [6.45, 7) is 5.65. The predicted octanol–water partition coefficient (Wildman–Crippen LogP) is 2.01. The van der Waals surface area contributed by atoms with Gasteiger partial charge in [-0.1, -0.05) is 13.8 Å². The van der Waals surface area contributed by atoms with Crippen molar-refractivity contribution in [1.82, 2.24) is 5.32 Å². The molecule has 1 aromatic heterocycles. The lowest BCUT2D eigenvalue weighted by Gasteiger charge is -2.06. The molecular formula is C11H15NO2S. The maximum Gasteiger partial charge on any atom is 0.252 e.